The van der Waals surface area contributed by atoms with Gasteiger partial charge in [0.15, 0.2) is 0 Å². The summed E-state index contributed by atoms with van der Waals surface area (Å²) in [6.07, 6.45) is 0.854. The first-order chi connectivity index (χ1) is 13.4. The van der Waals surface area contributed by atoms with Crippen molar-refractivity contribution in [1.82, 2.24) is 4.90 Å². The van der Waals surface area contributed by atoms with Crippen LogP contribution in [0.5, 0.6) is 5.75 Å². The smallest absolute Gasteiger partial charge is 0.201 e. The largest absolute Gasteiger partial charge is 0.494 e. The van der Waals surface area contributed by atoms with Crippen LogP contribution in [0.1, 0.15) is 17.5 Å². The molecule has 0 saturated heterocycles. The van der Waals surface area contributed by atoms with E-state index in [9.17, 15) is 8.42 Å². The van der Waals surface area contributed by atoms with Gasteiger partial charge in [-0.3, -0.25) is 0 Å². The van der Waals surface area contributed by atoms with Gasteiger partial charge in [0.2, 0.25) is 9.84 Å². The lowest BCUT2D eigenvalue weighted by Gasteiger charge is -2.16. The van der Waals surface area contributed by atoms with E-state index in [1.54, 1.807) is 13.2 Å². The second-order valence-corrected chi connectivity index (χ2v) is 9.42. The van der Waals surface area contributed by atoms with Crippen molar-refractivity contribution < 1.29 is 17.9 Å². The zero-order valence-electron chi connectivity index (χ0n) is 16.0. The minimum Gasteiger partial charge on any atom is -0.494 e. The summed E-state index contributed by atoms with van der Waals surface area (Å²) in [7, 11) is 0.263. The van der Waals surface area contributed by atoms with Gasteiger partial charge >= 0.3 is 0 Å². The number of benzene rings is 2. The highest BCUT2D eigenvalue weighted by Gasteiger charge is 2.28. The van der Waals surface area contributed by atoms with Crippen LogP contribution in [0, 0.1) is 0 Å². The Kier molecular flexibility index (Phi) is 6.93. The van der Waals surface area contributed by atoms with E-state index in [1.165, 1.54) is 5.41 Å². The van der Waals surface area contributed by atoms with Crippen molar-refractivity contribution in [3.05, 3.63) is 63.5 Å². The van der Waals surface area contributed by atoms with E-state index >= 15 is 0 Å². The van der Waals surface area contributed by atoms with Gasteiger partial charge in [-0.25, -0.2) is 8.42 Å². The van der Waals surface area contributed by atoms with Gasteiger partial charge in [-0.2, -0.15) is 0 Å². The number of sulfone groups is 1. The van der Waals surface area contributed by atoms with E-state index < -0.39 is 9.84 Å². The molecule has 2 aromatic rings. The molecule has 7 heteroatoms. The minimum absolute atomic E-state index is 0.306. The summed E-state index contributed by atoms with van der Waals surface area (Å²) >= 11 is 3.41. The van der Waals surface area contributed by atoms with Crippen LogP contribution in [0.2, 0.25) is 0 Å². The van der Waals surface area contributed by atoms with Crippen molar-refractivity contribution in [2.75, 3.05) is 40.5 Å². The maximum absolute atomic E-state index is 12.6. The molecule has 0 fully saturated rings. The third-order valence-corrected chi connectivity index (χ3v) is 6.63. The maximum Gasteiger partial charge on any atom is 0.201 e. The van der Waals surface area contributed by atoms with Gasteiger partial charge in [0.25, 0.3) is 0 Å². The summed E-state index contributed by atoms with van der Waals surface area (Å²) in [5.41, 5.74) is 2.31. The zero-order valence-corrected chi connectivity index (χ0v) is 18.4. The molecule has 3 rings (SSSR count). The average Bonchev–Trinajstić information content (AvgIpc) is 2.95. The van der Waals surface area contributed by atoms with Crippen molar-refractivity contribution in [3.8, 4) is 5.75 Å². The van der Waals surface area contributed by atoms with E-state index in [4.69, 9.17) is 9.47 Å². The fourth-order valence-electron chi connectivity index (χ4n) is 3.07. The number of nitrogens with zero attached hydrogens (tertiary/aromatic N) is 1. The molecule has 5 nitrogen and oxygen atoms in total. The molecular weight excluding hydrogens is 442 g/mol. The molecular formula is C21H24BrNO4S. The molecule has 2 aromatic carbocycles. The van der Waals surface area contributed by atoms with Crippen LogP contribution in [0.15, 0.2) is 57.2 Å². The van der Waals surface area contributed by atoms with Gasteiger partial charge in [-0.15, -0.1) is 0 Å². The molecule has 0 spiro atoms. The lowest BCUT2D eigenvalue weighted by molar-refractivity contribution is 0.157. The van der Waals surface area contributed by atoms with Crippen LogP contribution in [0.4, 0.5) is 0 Å². The lowest BCUT2D eigenvalue weighted by atomic mass is 10.00. The molecule has 0 saturated carbocycles. The third-order valence-electron chi connectivity index (χ3n) is 4.61. The quantitative estimate of drug-likeness (QED) is 0.524. The van der Waals surface area contributed by atoms with Gasteiger partial charge in [-0.1, -0.05) is 28.1 Å². The molecule has 0 amide bonds. The van der Waals surface area contributed by atoms with Crippen LogP contribution < -0.4 is 4.74 Å². The molecule has 0 atom stereocenters. The Bertz CT molecular complexity index is 955. The Hall–Kier alpha value is -1.67. The Morgan fingerprint density at radius 1 is 1.04 bits per heavy atom. The number of hydrogen-bond donors (Lipinski definition) is 0. The Balaban J connectivity index is 1.67. The monoisotopic (exact) mass is 465 g/mol. The summed E-state index contributed by atoms with van der Waals surface area (Å²) in [5.74, 6) is 0.576. The van der Waals surface area contributed by atoms with Gasteiger partial charge in [0.05, 0.1) is 18.1 Å². The average molecular weight is 466 g/mol. The number of ether oxygens (including phenoxy) is 2. The van der Waals surface area contributed by atoms with Crippen molar-refractivity contribution in [2.24, 2.45) is 0 Å². The summed E-state index contributed by atoms with van der Waals surface area (Å²) in [4.78, 5) is 2.48. The van der Waals surface area contributed by atoms with E-state index in [2.05, 4.69) is 20.8 Å². The normalized spacial score (nSPS) is 14.8. The highest BCUT2D eigenvalue weighted by atomic mass is 79.9. The second-order valence-electron chi connectivity index (χ2n) is 6.74. The van der Waals surface area contributed by atoms with E-state index in [1.807, 2.05) is 43.4 Å². The van der Waals surface area contributed by atoms with Crippen LogP contribution in [-0.4, -0.2) is 53.8 Å². The second kappa shape index (κ2) is 9.22. The Labute approximate surface area is 175 Å². The van der Waals surface area contributed by atoms with E-state index in [-0.39, 0.29) is 0 Å². The zero-order chi connectivity index (χ0) is 20.1. The topological polar surface area (TPSA) is 55.8 Å². The minimum atomic E-state index is -3.47. The summed E-state index contributed by atoms with van der Waals surface area (Å²) in [6, 6.07) is 12.9. The van der Waals surface area contributed by atoms with E-state index in [0.717, 1.165) is 29.5 Å². The Morgan fingerprint density at radius 2 is 1.79 bits per heavy atom. The molecule has 150 valence electrons. The summed E-state index contributed by atoms with van der Waals surface area (Å²) in [5, 5.41) is 1.34. The highest BCUT2D eigenvalue weighted by Crippen LogP contribution is 2.39. The third kappa shape index (κ3) is 5.03. The fourth-order valence-corrected chi connectivity index (χ4v) is 4.80. The SMILES string of the molecule is COCCN(C)CCCOc1ccc2c(c1)S(=O)(=O)C=C2c1ccc(Br)cc1. The molecule has 0 aliphatic carbocycles. The Morgan fingerprint density at radius 3 is 2.50 bits per heavy atom. The fraction of sp³-hybridized carbons (Fsp3) is 0.333. The van der Waals surface area contributed by atoms with Gasteiger partial charge < -0.3 is 14.4 Å². The van der Waals surface area contributed by atoms with Crippen LogP contribution in [-0.2, 0) is 14.6 Å². The summed E-state index contributed by atoms with van der Waals surface area (Å²) in [6.45, 7) is 3.00. The number of likely N-dealkylation sites (N-methyl/N-ethyl adjacent to an activating group) is 1. The number of fused-ring (bicyclic) bond motifs is 1. The molecule has 0 bridgehead atoms. The molecule has 28 heavy (non-hydrogen) atoms. The molecule has 0 aromatic heterocycles. The first kappa shape index (κ1) is 21.0. The van der Waals surface area contributed by atoms with Crippen molar-refractivity contribution in [1.29, 1.82) is 0 Å². The van der Waals surface area contributed by atoms with Crippen molar-refractivity contribution >= 4 is 31.3 Å². The predicted molar refractivity (Wildman–Crippen MR) is 114 cm³/mol. The van der Waals surface area contributed by atoms with Gasteiger partial charge in [0.1, 0.15) is 5.75 Å². The van der Waals surface area contributed by atoms with E-state index in [0.29, 0.717) is 35.0 Å². The summed E-state index contributed by atoms with van der Waals surface area (Å²) < 4.78 is 37.0. The molecule has 0 radical (unpaired) electrons. The van der Waals surface area contributed by atoms with Crippen LogP contribution in [0.3, 0.4) is 0 Å². The first-order valence-corrected chi connectivity index (χ1v) is 11.4. The van der Waals surface area contributed by atoms with Crippen molar-refractivity contribution in [2.45, 2.75) is 11.3 Å². The molecule has 0 unspecified atom stereocenters. The lowest BCUT2D eigenvalue weighted by Crippen LogP contribution is -2.25. The standard InChI is InChI=1S/C21H24BrNO4S/c1-23(11-13-26-2)10-3-12-27-18-8-9-19-20(15-28(24,25)21(19)14-18)16-4-6-17(22)7-5-16/h4-9,14-15H,3,10-13H2,1-2H3. The maximum atomic E-state index is 12.6. The van der Waals surface area contributed by atoms with Gasteiger partial charge in [-0.05, 0) is 49.4 Å². The number of methoxy groups -OCH3 is 1. The first-order valence-electron chi connectivity index (χ1n) is 9.08. The van der Waals surface area contributed by atoms with Crippen LogP contribution >= 0.6 is 15.9 Å². The number of hydrogen-bond acceptors (Lipinski definition) is 5. The predicted octanol–water partition coefficient (Wildman–Crippen LogP) is 3.97. The molecule has 1 aliphatic rings. The van der Waals surface area contributed by atoms with Crippen molar-refractivity contribution in [3.63, 3.8) is 0 Å². The highest BCUT2D eigenvalue weighted by molar-refractivity contribution is 9.10. The molecule has 0 N–H and O–H groups in total. The number of rotatable bonds is 9. The molecule has 1 heterocycles. The number of halogens is 1. The van der Waals surface area contributed by atoms with Crippen LogP contribution in [0.25, 0.3) is 5.57 Å². The molecule has 1 aliphatic heterocycles. The van der Waals surface area contributed by atoms with Gasteiger partial charge in [0, 0.05) is 41.2 Å².